The van der Waals surface area contributed by atoms with Gasteiger partial charge in [0.25, 0.3) is 5.91 Å². The topological polar surface area (TPSA) is 85.1 Å². The second kappa shape index (κ2) is 10.2. The molecule has 0 bridgehead atoms. The number of esters is 1. The van der Waals surface area contributed by atoms with Gasteiger partial charge in [-0.25, -0.2) is 4.79 Å². The number of aromatic nitrogens is 1. The van der Waals surface area contributed by atoms with Crippen molar-refractivity contribution in [1.82, 2.24) is 10.1 Å². The molecule has 2 heterocycles. The van der Waals surface area contributed by atoms with Crippen LogP contribution in [0.4, 0.5) is 5.69 Å². The molecule has 3 aromatic rings. The first kappa shape index (κ1) is 22.4. The standard InChI is InChI=1S/C25H27N3O5/c1-18-23(19(2)33-26-18)16-31-22-10-8-20(9-11-22)25(30)32-17-24(29)28-14-12-27(13-15-28)21-6-4-3-5-7-21/h3-11H,12-17H2,1-2H3. The zero-order valence-corrected chi connectivity index (χ0v) is 18.8. The molecule has 1 aliphatic heterocycles. The van der Waals surface area contributed by atoms with Crippen molar-refractivity contribution in [3.63, 3.8) is 0 Å². The summed E-state index contributed by atoms with van der Waals surface area (Å²) in [6, 6.07) is 16.7. The first-order valence-corrected chi connectivity index (χ1v) is 10.9. The lowest BCUT2D eigenvalue weighted by Crippen LogP contribution is -2.49. The van der Waals surface area contributed by atoms with Gasteiger partial charge in [-0.1, -0.05) is 23.4 Å². The fourth-order valence-corrected chi connectivity index (χ4v) is 3.71. The van der Waals surface area contributed by atoms with E-state index in [9.17, 15) is 9.59 Å². The van der Waals surface area contributed by atoms with Gasteiger partial charge in [0.2, 0.25) is 0 Å². The molecule has 172 valence electrons. The van der Waals surface area contributed by atoms with E-state index in [0.717, 1.165) is 35.8 Å². The zero-order chi connectivity index (χ0) is 23.2. The molecule has 0 aliphatic carbocycles. The average molecular weight is 450 g/mol. The first-order chi connectivity index (χ1) is 16.0. The molecule has 0 saturated carbocycles. The molecule has 33 heavy (non-hydrogen) atoms. The minimum absolute atomic E-state index is 0.185. The van der Waals surface area contributed by atoms with E-state index in [1.807, 2.05) is 32.0 Å². The van der Waals surface area contributed by atoms with E-state index in [2.05, 4.69) is 22.2 Å². The van der Waals surface area contributed by atoms with E-state index in [0.29, 0.717) is 31.0 Å². The number of hydrogen-bond acceptors (Lipinski definition) is 7. The van der Waals surface area contributed by atoms with Crippen molar-refractivity contribution in [2.24, 2.45) is 0 Å². The van der Waals surface area contributed by atoms with Crippen LogP contribution in [-0.4, -0.2) is 54.7 Å². The second-order valence-electron chi connectivity index (χ2n) is 7.90. The van der Waals surface area contributed by atoms with Crippen LogP contribution in [0.5, 0.6) is 5.75 Å². The van der Waals surface area contributed by atoms with Gasteiger partial charge >= 0.3 is 5.97 Å². The summed E-state index contributed by atoms with van der Waals surface area (Å²) in [4.78, 5) is 28.8. The molecule has 0 N–H and O–H groups in total. The van der Waals surface area contributed by atoms with Crippen LogP contribution in [0.1, 0.15) is 27.4 Å². The SMILES string of the molecule is Cc1noc(C)c1COc1ccc(C(=O)OCC(=O)N2CCN(c3ccccc3)CC2)cc1. The third-order valence-electron chi connectivity index (χ3n) is 5.73. The monoisotopic (exact) mass is 449 g/mol. The fraction of sp³-hybridized carbons (Fsp3) is 0.320. The van der Waals surface area contributed by atoms with Crippen molar-refractivity contribution in [2.45, 2.75) is 20.5 Å². The quantitative estimate of drug-likeness (QED) is 0.511. The summed E-state index contributed by atoms with van der Waals surface area (Å²) in [5.74, 6) is 0.608. The molecular formula is C25H27N3O5. The Labute approximate surface area is 192 Å². The van der Waals surface area contributed by atoms with Gasteiger partial charge in [-0.3, -0.25) is 4.79 Å². The molecule has 1 fully saturated rings. The third kappa shape index (κ3) is 5.52. The molecule has 0 atom stereocenters. The zero-order valence-electron chi connectivity index (χ0n) is 18.8. The van der Waals surface area contributed by atoms with E-state index >= 15 is 0 Å². The van der Waals surface area contributed by atoms with E-state index in [-0.39, 0.29) is 12.5 Å². The second-order valence-corrected chi connectivity index (χ2v) is 7.90. The summed E-state index contributed by atoms with van der Waals surface area (Å²) in [6.07, 6.45) is 0. The number of amides is 1. The smallest absolute Gasteiger partial charge is 0.338 e. The van der Waals surface area contributed by atoms with Crippen LogP contribution in [0.15, 0.2) is 59.1 Å². The molecule has 1 amide bonds. The number of aryl methyl sites for hydroxylation is 2. The van der Waals surface area contributed by atoms with Gasteiger partial charge in [0, 0.05) is 31.9 Å². The van der Waals surface area contributed by atoms with E-state index in [1.165, 1.54) is 0 Å². The molecule has 0 unspecified atom stereocenters. The van der Waals surface area contributed by atoms with Crippen molar-refractivity contribution in [1.29, 1.82) is 0 Å². The van der Waals surface area contributed by atoms with Crippen LogP contribution < -0.4 is 9.64 Å². The minimum atomic E-state index is -0.538. The lowest BCUT2D eigenvalue weighted by molar-refractivity contribution is -0.134. The highest BCUT2D eigenvalue weighted by Crippen LogP contribution is 2.19. The highest BCUT2D eigenvalue weighted by Gasteiger charge is 2.22. The highest BCUT2D eigenvalue weighted by molar-refractivity contribution is 5.91. The largest absolute Gasteiger partial charge is 0.489 e. The van der Waals surface area contributed by atoms with E-state index in [4.69, 9.17) is 14.0 Å². The Balaban J connectivity index is 1.22. The van der Waals surface area contributed by atoms with Crippen LogP contribution in [0.3, 0.4) is 0 Å². The molecule has 0 radical (unpaired) electrons. The predicted octanol–water partition coefficient (Wildman–Crippen LogP) is 3.38. The van der Waals surface area contributed by atoms with E-state index in [1.54, 1.807) is 29.2 Å². The lowest BCUT2D eigenvalue weighted by atomic mass is 10.2. The number of rotatable bonds is 7. The molecule has 4 rings (SSSR count). The summed E-state index contributed by atoms with van der Waals surface area (Å²) in [7, 11) is 0. The summed E-state index contributed by atoms with van der Waals surface area (Å²) in [5, 5.41) is 3.90. The number of benzene rings is 2. The maximum atomic E-state index is 12.5. The number of nitrogens with zero attached hydrogens (tertiary/aromatic N) is 3. The minimum Gasteiger partial charge on any atom is -0.489 e. The van der Waals surface area contributed by atoms with Crippen LogP contribution in [-0.2, 0) is 16.1 Å². The number of carbonyl (C=O) groups excluding carboxylic acids is 2. The van der Waals surface area contributed by atoms with Crippen LogP contribution >= 0.6 is 0 Å². The van der Waals surface area contributed by atoms with Crippen LogP contribution in [0.2, 0.25) is 0 Å². The van der Waals surface area contributed by atoms with Gasteiger partial charge in [-0.2, -0.15) is 0 Å². The van der Waals surface area contributed by atoms with Gasteiger partial charge in [-0.05, 0) is 50.2 Å². The van der Waals surface area contributed by atoms with Crippen LogP contribution in [0, 0.1) is 13.8 Å². The third-order valence-corrected chi connectivity index (χ3v) is 5.73. The number of piperazine rings is 1. The van der Waals surface area contributed by atoms with Gasteiger partial charge in [0.05, 0.1) is 16.8 Å². The van der Waals surface area contributed by atoms with Gasteiger partial charge in [-0.15, -0.1) is 0 Å². The van der Waals surface area contributed by atoms with Crippen LogP contribution in [0.25, 0.3) is 0 Å². The Bertz CT molecular complexity index is 1070. The Morgan fingerprint density at radius 1 is 0.970 bits per heavy atom. The average Bonchev–Trinajstić information content (AvgIpc) is 3.18. The number of carbonyl (C=O) groups is 2. The van der Waals surface area contributed by atoms with Crippen molar-refractivity contribution in [2.75, 3.05) is 37.7 Å². The number of para-hydroxylation sites is 1. The van der Waals surface area contributed by atoms with Gasteiger partial charge < -0.3 is 23.8 Å². The Kier molecular flexibility index (Phi) is 6.92. The number of ether oxygens (including phenoxy) is 2. The summed E-state index contributed by atoms with van der Waals surface area (Å²) < 4.78 is 16.1. The molecule has 1 saturated heterocycles. The molecule has 8 heteroatoms. The molecule has 1 aromatic heterocycles. The number of anilines is 1. The molecule has 8 nitrogen and oxygen atoms in total. The Hall–Kier alpha value is -3.81. The van der Waals surface area contributed by atoms with Crippen molar-refractivity contribution < 1.29 is 23.6 Å². The lowest BCUT2D eigenvalue weighted by Gasteiger charge is -2.36. The molecule has 1 aliphatic rings. The maximum Gasteiger partial charge on any atom is 0.338 e. The number of hydrogen-bond donors (Lipinski definition) is 0. The normalized spacial score (nSPS) is 13.6. The summed E-state index contributed by atoms with van der Waals surface area (Å²) in [5.41, 5.74) is 3.21. The Morgan fingerprint density at radius 2 is 1.67 bits per heavy atom. The van der Waals surface area contributed by atoms with Crippen molar-refractivity contribution in [3.8, 4) is 5.75 Å². The highest BCUT2D eigenvalue weighted by atomic mass is 16.5. The molecule has 2 aromatic carbocycles. The first-order valence-electron chi connectivity index (χ1n) is 10.9. The van der Waals surface area contributed by atoms with Gasteiger partial charge in [0.15, 0.2) is 6.61 Å². The summed E-state index contributed by atoms with van der Waals surface area (Å²) >= 11 is 0. The summed E-state index contributed by atoms with van der Waals surface area (Å²) in [6.45, 7) is 6.45. The van der Waals surface area contributed by atoms with Gasteiger partial charge in [0.1, 0.15) is 18.1 Å². The van der Waals surface area contributed by atoms with Crippen molar-refractivity contribution >= 4 is 17.6 Å². The maximum absolute atomic E-state index is 12.5. The molecule has 0 spiro atoms. The van der Waals surface area contributed by atoms with Crippen molar-refractivity contribution in [3.05, 3.63) is 77.2 Å². The van der Waals surface area contributed by atoms with E-state index < -0.39 is 5.97 Å². The predicted molar refractivity (Wildman–Crippen MR) is 122 cm³/mol. The molecular weight excluding hydrogens is 422 g/mol. The fourth-order valence-electron chi connectivity index (χ4n) is 3.71. The Morgan fingerprint density at radius 3 is 2.30 bits per heavy atom.